The summed E-state index contributed by atoms with van der Waals surface area (Å²) >= 11 is 12.3. The number of aliphatic hydroxyl groups excluding tert-OH is 7. The van der Waals surface area contributed by atoms with Crippen molar-refractivity contribution < 1.29 is 119 Å². The minimum Gasteiger partial charge on any atom is -0.455 e. The number of benzene rings is 3. The van der Waals surface area contributed by atoms with Gasteiger partial charge in [-0.15, -0.1) is 0 Å². The van der Waals surface area contributed by atoms with Crippen LogP contribution in [0.25, 0.3) is 0 Å². The first-order valence-corrected chi connectivity index (χ1v) is 54.7. The van der Waals surface area contributed by atoms with E-state index < -0.39 is 170 Å². The second-order valence-corrected chi connectivity index (χ2v) is 46.8. The largest absolute Gasteiger partial charge is 0.455 e. The Labute approximate surface area is 838 Å². The lowest BCUT2D eigenvalue weighted by molar-refractivity contribution is -0.153. The van der Waals surface area contributed by atoms with Crippen LogP contribution in [0.4, 0.5) is 30.6 Å². The molecule has 57 heteroatoms. The summed E-state index contributed by atoms with van der Waals surface area (Å²) in [5, 5.41) is 120. The summed E-state index contributed by atoms with van der Waals surface area (Å²) in [5.41, 5.74) is 5.05. The standard InChI is InChI=1S/C25H33N5O5SSi.C21H24ClN7O5S.C21H23ClN6O6S.C21H23F3N6O7S/c1-37(2,3)20-6-4-5-17(10-20)14-30-8-7-22(29-30)25(32)21-13-27-16-28-23(21)11-18-9-19(24(31)12-18)15-35-36(26,33)34;22-14-3-1-2-12(6-14)10-29-5-4-16(28-29)19(31)15-9-24-11-25-21(15)27-17-7-13(18(30)20(17)32)8-26-35(23,33)34;22-15-9-28(8-12-4-2-1-3-5-12)27-17(15)19(30)14-7-24-11-25-21(14)26-16-6-13(18(29)20(16)31)10-34-35(23,32)33;1-10-4-15(29-30(10)7-12-2-3-16(37-12)21(22,23)24)18(32)13-6-26-9-27-20(13)28-14-5-11(17(31)19(14)33)8-36-38(25,34)35/h4-8,10,13,16,18-19,24,31H,9,11-12,14-15H2,1-3H3,(H2,26,33,34);1-6,9,11,13,17-18,20,26,30,32H,7-8,10H2,(H2,23,33,34)(H,24,25,27);1-5,7,9,11,13,16,18,20,29,31H,6,8,10H2,(H2,23,32,33)(H,24,25,26);2-4,6,9,11,14,17,19,31,33H,5,7-8H2,1H3,(H2,25,34,35)(H,26,27,28)/t18-,19+,24-;13-,17-,18-,20+;13-,16-,18-,20+;11-,14-,17-,19+/m0111/s1. The van der Waals surface area contributed by atoms with Crippen molar-refractivity contribution in [2.24, 2.45) is 50.1 Å². The molecule has 0 aliphatic heterocycles. The summed E-state index contributed by atoms with van der Waals surface area (Å²) in [4.78, 5) is 85.4. The van der Waals surface area contributed by atoms with Crippen LogP contribution in [-0.4, -0.2) is 267 Å². The van der Waals surface area contributed by atoms with Gasteiger partial charge < -0.3 is 56.1 Å². The van der Waals surface area contributed by atoms with E-state index in [1.165, 1.54) is 65.8 Å². The fourth-order valence-corrected chi connectivity index (χ4v) is 20.0. The number of halogens is 5. The Balaban J connectivity index is 0.000000162. The molecular formula is C88H103Cl2F3N24O23S4Si. The van der Waals surface area contributed by atoms with Gasteiger partial charge in [0.1, 0.15) is 83.9 Å². The molecule has 19 N–H and O–H groups in total. The third kappa shape index (κ3) is 30.4. The molecule has 15 atom stereocenters. The van der Waals surface area contributed by atoms with Crippen LogP contribution in [0.2, 0.25) is 29.7 Å². The van der Waals surface area contributed by atoms with Gasteiger partial charge in [-0.25, -0.2) is 65.1 Å². The lowest BCUT2D eigenvalue weighted by Gasteiger charge is -2.19. The van der Waals surface area contributed by atoms with Gasteiger partial charge >= 0.3 is 37.1 Å². The molecule has 0 spiro atoms. The molecule has 4 aliphatic rings. The normalized spacial score (nSPS) is 21.7. The average molecular weight is 2150 g/mol. The average Bonchev–Trinajstić information content (AvgIpc) is 1.68. The first kappa shape index (κ1) is 110. The molecule has 776 valence electrons. The Morgan fingerprint density at radius 2 is 0.945 bits per heavy atom. The molecule has 0 unspecified atom stereocenters. The lowest BCUT2D eigenvalue weighted by atomic mass is 9.96. The van der Waals surface area contributed by atoms with Crippen molar-refractivity contribution in [1.82, 2.24) is 83.7 Å². The summed E-state index contributed by atoms with van der Waals surface area (Å²) in [6.07, 6.45) is 4.14. The summed E-state index contributed by atoms with van der Waals surface area (Å²) in [6.45, 7) is 8.59. The van der Waals surface area contributed by atoms with Crippen molar-refractivity contribution in [1.29, 1.82) is 0 Å². The number of rotatable bonds is 37. The van der Waals surface area contributed by atoms with E-state index in [1.807, 2.05) is 48.5 Å². The topological polar surface area (TPSA) is 714 Å². The van der Waals surface area contributed by atoms with Gasteiger partial charge in [-0.3, -0.25) is 50.5 Å². The summed E-state index contributed by atoms with van der Waals surface area (Å²) in [7, 11) is -17.9. The number of aromatic nitrogens is 16. The lowest BCUT2D eigenvalue weighted by Crippen LogP contribution is -2.39. The molecule has 0 bridgehead atoms. The number of hydrogen-bond donors (Lipinski definition) is 15. The van der Waals surface area contributed by atoms with Crippen LogP contribution in [0.3, 0.4) is 0 Å². The maximum atomic E-state index is 13.3. The quantitative estimate of drug-likeness (QED) is 0.0196. The number of nitrogens with one attached hydrogen (secondary N) is 4. The molecule has 16 rings (SSSR count). The zero-order chi connectivity index (χ0) is 105. The van der Waals surface area contributed by atoms with E-state index in [-0.39, 0.29) is 119 Å². The number of anilines is 3. The molecule has 145 heavy (non-hydrogen) atoms. The first-order valence-electron chi connectivity index (χ1n) is 44.4. The maximum absolute atomic E-state index is 13.3. The molecule has 12 aromatic rings. The zero-order valence-corrected chi connectivity index (χ0v) is 83.2. The maximum Gasteiger partial charge on any atom is 0.449 e. The third-order valence-electron chi connectivity index (χ3n) is 24.1. The predicted molar refractivity (Wildman–Crippen MR) is 515 cm³/mol. The van der Waals surface area contributed by atoms with Gasteiger partial charge in [0.2, 0.25) is 28.9 Å². The first-order chi connectivity index (χ1) is 68.3. The van der Waals surface area contributed by atoms with E-state index in [4.69, 9.17) is 48.2 Å². The summed E-state index contributed by atoms with van der Waals surface area (Å²) in [6, 6.07) is 29.8. The van der Waals surface area contributed by atoms with Crippen LogP contribution in [0, 0.1) is 36.5 Å². The number of nitrogens with zero attached hydrogens (tertiary/aromatic N) is 16. The number of aryl methyl sites for hydroxylation is 1. The van der Waals surface area contributed by atoms with Gasteiger partial charge in [0, 0.05) is 84.3 Å². The highest BCUT2D eigenvalue weighted by Crippen LogP contribution is 2.38. The third-order valence-corrected chi connectivity index (χ3v) is 28.6. The second-order valence-electron chi connectivity index (χ2n) is 35.8. The summed E-state index contributed by atoms with van der Waals surface area (Å²) < 4.78 is 154. The van der Waals surface area contributed by atoms with Crippen molar-refractivity contribution in [3.05, 3.63) is 273 Å². The van der Waals surface area contributed by atoms with E-state index in [0.29, 0.717) is 66.6 Å². The van der Waals surface area contributed by atoms with E-state index in [2.05, 4.69) is 137 Å². The van der Waals surface area contributed by atoms with Crippen molar-refractivity contribution in [3.8, 4) is 0 Å². The van der Waals surface area contributed by atoms with E-state index in [1.54, 1.807) is 57.8 Å². The Morgan fingerprint density at radius 1 is 0.490 bits per heavy atom. The van der Waals surface area contributed by atoms with Crippen molar-refractivity contribution in [2.45, 2.75) is 158 Å². The molecule has 0 saturated heterocycles. The highest BCUT2D eigenvalue weighted by molar-refractivity contribution is 7.87. The molecule has 3 aromatic carbocycles. The molecular weight excluding hydrogens is 2050 g/mol. The van der Waals surface area contributed by atoms with Crippen LogP contribution in [0.1, 0.15) is 136 Å². The van der Waals surface area contributed by atoms with Gasteiger partial charge in [0.15, 0.2) is 5.69 Å². The zero-order valence-electron chi connectivity index (χ0n) is 77.5. The highest BCUT2D eigenvalue weighted by atomic mass is 35.5. The van der Waals surface area contributed by atoms with E-state index >= 15 is 0 Å². The van der Waals surface area contributed by atoms with Crippen LogP contribution in [-0.2, 0) is 92.4 Å². The number of aliphatic hydroxyl groups is 7. The number of nitrogens with two attached hydrogens (primary N) is 4. The SMILES string of the molecule is C[Si](C)(C)c1cccc(Cn2ccc(C(=O)c3cncnc3C[C@@H]3C[C@H](COS(N)(=O)=O)[C@@H](O)C3)n2)c1.Cc1cc(C(=O)c2cncnc2N[C@@H]2C[C@H](COS(N)(=O)=O)[C@@H](O)[C@H]2O)nn1Cc1ccc(C(F)(F)F)o1.NS(=O)(=O)NC[C@H]1C[C@@H](Nc2ncncc2C(=O)c2ccn(Cc3cccc(Cl)c3)n2)[C@H](O)[C@@H]1O.NS(=O)(=O)OC[C@H]1C[C@@H](Nc2ncncc2C(=O)c2nn(Cc3ccccc3)cc2Cl)[C@H](O)[C@@H]1O. The van der Waals surface area contributed by atoms with Crippen molar-refractivity contribution in [2.75, 3.05) is 42.3 Å². The van der Waals surface area contributed by atoms with E-state index in [0.717, 1.165) is 29.1 Å². The smallest absolute Gasteiger partial charge is 0.449 e. The van der Waals surface area contributed by atoms with Gasteiger partial charge in [-0.1, -0.05) is 115 Å². The number of carbonyl (C=O) groups excluding carboxylic acids is 4. The molecule has 9 aromatic heterocycles. The van der Waals surface area contributed by atoms with Gasteiger partial charge in [0.25, 0.3) is 10.2 Å². The van der Waals surface area contributed by atoms with Gasteiger partial charge in [-0.05, 0) is 111 Å². The fourth-order valence-electron chi connectivity index (χ4n) is 16.8. The second kappa shape index (κ2) is 47.2. The minimum atomic E-state index is -4.63. The van der Waals surface area contributed by atoms with Gasteiger partial charge in [-0.2, -0.15) is 67.2 Å². The van der Waals surface area contributed by atoms with Crippen LogP contribution in [0.5, 0.6) is 0 Å². The van der Waals surface area contributed by atoms with Crippen LogP contribution >= 0.6 is 23.2 Å². The molecule has 4 aliphatic carbocycles. The monoisotopic (exact) mass is 2150 g/mol. The predicted octanol–water partition coefficient (Wildman–Crippen LogP) is 2.53. The summed E-state index contributed by atoms with van der Waals surface area (Å²) in [5.74, 6) is -5.19. The number of furan rings is 1. The Hall–Kier alpha value is -12.0. The Kier molecular flexibility index (Phi) is 35.9. The Morgan fingerprint density at radius 3 is 1.44 bits per heavy atom. The van der Waals surface area contributed by atoms with Crippen LogP contribution in [0.15, 0.2) is 182 Å². The molecule has 9 heterocycles. The number of carbonyl (C=O) groups is 4. The molecule has 4 saturated carbocycles. The molecule has 0 radical (unpaired) electrons. The van der Waals surface area contributed by atoms with Crippen molar-refractivity contribution >= 4 is 118 Å². The number of ketones is 4. The van der Waals surface area contributed by atoms with Crippen molar-refractivity contribution in [3.63, 3.8) is 0 Å². The Bertz CT molecular complexity index is 7080. The number of hydrogen-bond acceptors (Lipinski definition) is 38. The molecule has 4 fully saturated rings. The molecule has 0 amide bonds. The van der Waals surface area contributed by atoms with Gasteiger partial charge in [0.05, 0.1) is 130 Å². The minimum absolute atomic E-state index is 0.00160. The fraction of sp³-hybridized carbons (Fsp3) is 0.386. The van der Waals surface area contributed by atoms with E-state index in [9.17, 15) is 102 Å². The molecule has 47 nitrogen and oxygen atoms in total. The van der Waals surface area contributed by atoms with Crippen LogP contribution < -0.4 is 46.4 Å². The number of alkyl halides is 3. The highest BCUT2D eigenvalue weighted by Gasteiger charge is 2.47.